The Balaban J connectivity index is 1.34. The predicted octanol–water partition coefficient (Wildman–Crippen LogP) is 1.76. The second-order valence-corrected chi connectivity index (χ2v) is 7.94. The third kappa shape index (κ3) is 7.34. The first-order valence-electron chi connectivity index (χ1n) is 10.4. The van der Waals surface area contributed by atoms with E-state index in [9.17, 15) is 14.0 Å². The van der Waals surface area contributed by atoms with Crippen molar-refractivity contribution in [1.29, 1.82) is 0 Å². The monoisotopic (exact) mass is 427 g/mol. The third-order valence-corrected chi connectivity index (χ3v) is 5.27. The molecule has 2 aromatic rings. The van der Waals surface area contributed by atoms with Crippen LogP contribution in [0.25, 0.3) is 0 Å². The molecule has 3 rings (SSSR count). The number of anilines is 2. The molecule has 2 aromatic carbocycles. The second kappa shape index (κ2) is 10.9. The highest BCUT2D eigenvalue weighted by Gasteiger charge is 2.20. The normalized spacial score (nSPS) is 14.8. The van der Waals surface area contributed by atoms with Gasteiger partial charge < -0.3 is 15.5 Å². The fourth-order valence-corrected chi connectivity index (χ4v) is 3.41. The summed E-state index contributed by atoms with van der Waals surface area (Å²) >= 11 is 0. The molecule has 0 atom stereocenters. The van der Waals surface area contributed by atoms with Crippen LogP contribution in [0.2, 0.25) is 0 Å². The summed E-state index contributed by atoms with van der Waals surface area (Å²) < 4.78 is 12.9. The number of nitrogens with one attached hydrogen (secondary N) is 2. The number of hydrogen-bond donors (Lipinski definition) is 2. The summed E-state index contributed by atoms with van der Waals surface area (Å²) in [5.41, 5.74) is 2.77. The van der Waals surface area contributed by atoms with Gasteiger partial charge in [-0.15, -0.1) is 0 Å². The molecule has 8 heteroatoms. The number of nitrogens with zero attached hydrogens (tertiary/aromatic N) is 3. The van der Waals surface area contributed by atoms with Gasteiger partial charge in [-0.1, -0.05) is 12.1 Å². The number of hydrogen-bond acceptors (Lipinski definition) is 5. The van der Waals surface area contributed by atoms with Gasteiger partial charge in [0.2, 0.25) is 11.8 Å². The van der Waals surface area contributed by atoms with Crippen LogP contribution in [0.5, 0.6) is 0 Å². The van der Waals surface area contributed by atoms with E-state index >= 15 is 0 Å². The lowest BCUT2D eigenvalue weighted by atomic mass is 10.2. The van der Waals surface area contributed by atoms with E-state index in [2.05, 4.69) is 20.4 Å². The number of rotatable bonds is 8. The van der Waals surface area contributed by atoms with E-state index in [1.54, 1.807) is 12.1 Å². The minimum Gasteiger partial charge on any atom is -0.378 e. The SMILES string of the molecule is CN(C)c1ccc(CNC(=O)CN2CCN(CC(=O)Nc3ccc(F)cc3)CC2)cc1. The Morgan fingerprint density at radius 2 is 1.42 bits per heavy atom. The van der Waals surface area contributed by atoms with Crippen molar-refractivity contribution in [3.8, 4) is 0 Å². The molecule has 1 aliphatic rings. The minimum absolute atomic E-state index is 0.000751. The van der Waals surface area contributed by atoms with Crippen LogP contribution in [0.15, 0.2) is 48.5 Å². The molecule has 0 bridgehead atoms. The van der Waals surface area contributed by atoms with Gasteiger partial charge in [-0.3, -0.25) is 19.4 Å². The fraction of sp³-hybridized carbons (Fsp3) is 0.391. The van der Waals surface area contributed by atoms with Crippen LogP contribution in [0.4, 0.5) is 15.8 Å². The van der Waals surface area contributed by atoms with Gasteiger partial charge in [-0.05, 0) is 42.0 Å². The molecule has 2 amide bonds. The summed E-state index contributed by atoms with van der Waals surface area (Å²) in [5.74, 6) is -0.460. The molecule has 1 saturated heterocycles. The summed E-state index contributed by atoms with van der Waals surface area (Å²) in [6.45, 7) is 4.04. The van der Waals surface area contributed by atoms with Crippen LogP contribution in [0.3, 0.4) is 0 Å². The van der Waals surface area contributed by atoms with Crippen molar-refractivity contribution in [2.24, 2.45) is 0 Å². The zero-order chi connectivity index (χ0) is 22.2. The van der Waals surface area contributed by atoms with E-state index in [-0.39, 0.29) is 24.2 Å². The summed E-state index contributed by atoms with van der Waals surface area (Å²) in [6, 6.07) is 13.8. The van der Waals surface area contributed by atoms with Crippen molar-refractivity contribution in [3.05, 3.63) is 59.9 Å². The zero-order valence-corrected chi connectivity index (χ0v) is 18.1. The molecule has 31 heavy (non-hydrogen) atoms. The van der Waals surface area contributed by atoms with Gasteiger partial charge in [0.05, 0.1) is 13.1 Å². The van der Waals surface area contributed by atoms with Crippen LogP contribution >= 0.6 is 0 Å². The van der Waals surface area contributed by atoms with Crippen molar-refractivity contribution >= 4 is 23.2 Å². The quantitative estimate of drug-likeness (QED) is 0.672. The van der Waals surface area contributed by atoms with Crippen molar-refractivity contribution in [2.75, 3.05) is 63.6 Å². The summed E-state index contributed by atoms with van der Waals surface area (Å²) in [6.07, 6.45) is 0. The maximum atomic E-state index is 12.9. The Labute approximate surface area is 182 Å². The van der Waals surface area contributed by atoms with E-state index in [0.29, 0.717) is 18.8 Å². The molecular weight excluding hydrogens is 397 g/mol. The minimum atomic E-state index is -0.333. The van der Waals surface area contributed by atoms with Gasteiger partial charge in [0.25, 0.3) is 0 Å². The summed E-state index contributed by atoms with van der Waals surface area (Å²) in [7, 11) is 3.99. The number of piperazine rings is 1. The summed E-state index contributed by atoms with van der Waals surface area (Å²) in [4.78, 5) is 30.6. The lowest BCUT2D eigenvalue weighted by Gasteiger charge is -2.33. The molecule has 7 nitrogen and oxygen atoms in total. The lowest BCUT2D eigenvalue weighted by Crippen LogP contribution is -2.50. The fourth-order valence-electron chi connectivity index (χ4n) is 3.41. The highest BCUT2D eigenvalue weighted by Crippen LogP contribution is 2.12. The predicted molar refractivity (Wildman–Crippen MR) is 121 cm³/mol. The molecule has 2 N–H and O–H groups in total. The lowest BCUT2D eigenvalue weighted by molar-refractivity contribution is -0.123. The second-order valence-electron chi connectivity index (χ2n) is 7.94. The molecular formula is C23H30FN5O2. The molecule has 0 saturated carbocycles. The van der Waals surface area contributed by atoms with Crippen molar-refractivity contribution in [1.82, 2.24) is 15.1 Å². The molecule has 0 spiro atoms. The van der Waals surface area contributed by atoms with Crippen molar-refractivity contribution < 1.29 is 14.0 Å². The Hall–Kier alpha value is -2.97. The number of benzene rings is 2. The molecule has 1 aliphatic heterocycles. The van der Waals surface area contributed by atoms with Crippen LogP contribution in [-0.2, 0) is 16.1 Å². The number of amides is 2. The third-order valence-electron chi connectivity index (χ3n) is 5.27. The highest BCUT2D eigenvalue weighted by molar-refractivity contribution is 5.92. The first kappa shape index (κ1) is 22.7. The van der Waals surface area contributed by atoms with E-state index in [1.165, 1.54) is 12.1 Å². The maximum absolute atomic E-state index is 12.9. The van der Waals surface area contributed by atoms with E-state index < -0.39 is 0 Å². The molecule has 166 valence electrons. The van der Waals surface area contributed by atoms with E-state index in [1.807, 2.05) is 43.3 Å². The molecule has 1 heterocycles. The van der Waals surface area contributed by atoms with Gasteiger partial charge in [-0.25, -0.2) is 4.39 Å². The topological polar surface area (TPSA) is 67.9 Å². The standard InChI is InChI=1S/C23H30FN5O2/c1-27(2)21-9-3-18(4-10-21)15-25-22(30)16-28-11-13-29(14-12-28)17-23(31)26-20-7-5-19(24)6-8-20/h3-10H,11-17H2,1-2H3,(H,25,30)(H,26,31). The van der Waals surface area contributed by atoms with Crippen LogP contribution < -0.4 is 15.5 Å². The number of halogens is 1. The molecule has 0 aliphatic carbocycles. The molecule has 0 radical (unpaired) electrons. The molecule has 0 aromatic heterocycles. The zero-order valence-electron chi connectivity index (χ0n) is 18.1. The van der Waals surface area contributed by atoms with Gasteiger partial charge in [-0.2, -0.15) is 0 Å². The van der Waals surface area contributed by atoms with Crippen LogP contribution in [0.1, 0.15) is 5.56 Å². The maximum Gasteiger partial charge on any atom is 0.238 e. The Morgan fingerprint density at radius 3 is 1.97 bits per heavy atom. The number of carbonyl (C=O) groups is 2. The van der Waals surface area contributed by atoms with Crippen LogP contribution in [0, 0.1) is 5.82 Å². The molecule has 0 unspecified atom stereocenters. The van der Waals surface area contributed by atoms with Crippen molar-refractivity contribution in [3.63, 3.8) is 0 Å². The smallest absolute Gasteiger partial charge is 0.238 e. The largest absolute Gasteiger partial charge is 0.378 e. The van der Waals surface area contributed by atoms with Crippen LogP contribution in [-0.4, -0.2) is 75.0 Å². The average Bonchev–Trinajstić information content (AvgIpc) is 2.75. The Morgan fingerprint density at radius 1 is 0.871 bits per heavy atom. The number of carbonyl (C=O) groups excluding carboxylic acids is 2. The Bertz CT molecular complexity index is 863. The van der Waals surface area contributed by atoms with E-state index in [0.717, 1.165) is 37.4 Å². The van der Waals surface area contributed by atoms with Gasteiger partial charge >= 0.3 is 0 Å². The first-order valence-corrected chi connectivity index (χ1v) is 10.4. The molecule has 1 fully saturated rings. The first-order chi connectivity index (χ1) is 14.9. The van der Waals surface area contributed by atoms with Gasteiger partial charge in [0.15, 0.2) is 0 Å². The van der Waals surface area contributed by atoms with Crippen molar-refractivity contribution in [2.45, 2.75) is 6.54 Å². The highest BCUT2D eigenvalue weighted by atomic mass is 19.1. The van der Waals surface area contributed by atoms with E-state index in [4.69, 9.17) is 0 Å². The summed E-state index contributed by atoms with van der Waals surface area (Å²) in [5, 5.41) is 5.75. The van der Waals surface area contributed by atoms with Gasteiger partial charge in [0, 0.05) is 58.2 Å². The van der Waals surface area contributed by atoms with Gasteiger partial charge in [0.1, 0.15) is 5.82 Å². The Kier molecular flexibility index (Phi) is 7.97. The average molecular weight is 428 g/mol.